The van der Waals surface area contributed by atoms with Crippen LogP contribution in [0.4, 0.5) is 0 Å². The largest absolute Gasteiger partial charge is 0.506 e. The van der Waals surface area contributed by atoms with E-state index < -0.39 is 5.54 Å². The summed E-state index contributed by atoms with van der Waals surface area (Å²) in [5.74, 6) is 0.834. The van der Waals surface area contributed by atoms with Gasteiger partial charge in [0.2, 0.25) is 6.08 Å². The number of phenolic OH excluding ortho intramolecular Hbond substituents is 1. The minimum absolute atomic E-state index is 0.0950. The molecule has 1 aromatic rings. The third-order valence-electron chi connectivity index (χ3n) is 3.41. The summed E-state index contributed by atoms with van der Waals surface area (Å²) >= 11 is 6.01. The summed E-state index contributed by atoms with van der Waals surface area (Å²) < 4.78 is 11.2. The lowest BCUT2D eigenvalue weighted by Crippen LogP contribution is -2.08. The Morgan fingerprint density at radius 3 is 2.79 bits per heavy atom. The van der Waals surface area contributed by atoms with Crippen molar-refractivity contribution in [1.82, 2.24) is 0 Å². The lowest BCUT2D eigenvalue weighted by atomic mass is 10.0. The second-order valence-electron chi connectivity index (χ2n) is 4.69. The van der Waals surface area contributed by atoms with Crippen molar-refractivity contribution in [2.24, 2.45) is 4.99 Å². The van der Waals surface area contributed by atoms with Crippen LogP contribution in [0.5, 0.6) is 17.2 Å². The van der Waals surface area contributed by atoms with Gasteiger partial charge < -0.3 is 14.6 Å². The minimum atomic E-state index is -0.755. The van der Waals surface area contributed by atoms with Crippen molar-refractivity contribution in [2.75, 3.05) is 13.2 Å². The van der Waals surface area contributed by atoms with E-state index in [0.717, 1.165) is 6.42 Å². The van der Waals surface area contributed by atoms with E-state index in [1.807, 2.05) is 0 Å². The van der Waals surface area contributed by atoms with Gasteiger partial charge in [0, 0.05) is 12.5 Å². The van der Waals surface area contributed by atoms with Crippen molar-refractivity contribution >= 4 is 17.7 Å². The van der Waals surface area contributed by atoms with Crippen LogP contribution in [0.1, 0.15) is 24.8 Å². The first-order valence-corrected chi connectivity index (χ1v) is 6.46. The number of isocyanates is 1. The van der Waals surface area contributed by atoms with E-state index in [4.69, 9.17) is 21.1 Å². The second-order valence-corrected chi connectivity index (χ2v) is 5.10. The highest BCUT2D eigenvalue weighted by Gasteiger charge is 2.50. The molecule has 0 bridgehead atoms. The molecule has 5 nitrogen and oxygen atoms in total. The summed E-state index contributed by atoms with van der Waals surface area (Å²) in [4.78, 5) is 14.4. The lowest BCUT2D eigenvalue weighted by Gasteiger charge is -2.18. The molecule has 1 aromatic carbocycles. The van der Waals surface area contributed by atoms with Crippen LogP contribution < -0.4 is 9.47 Å². The number of aliphatic imine (C=N–C) groups is 1. The number of phenols is 1. The summed E-state index contributed by atoms with van der Waals surface area (Å²) in [5, 5.41) is 10.4. The van der Waals surface area contributed by atoms with Crippen LogP contribution in [0.2, 0.25) is 5.02 Å². The first-order chi connectivity index (χ1) is 9.18. The number of hydrogen-bond acceptors (Lipinski definition) is 5. The predicted molar refractivity (Wildman–Crippen MR) is 67.8 cm³/mol. The number of fused-ring (bicyclic) bond motifs is 1. The van der Waals surface area contributed by atoms with E-state index >= 15 is 0 Å². The average molecular weight is 282 g/mol. The van der Waals surface area contributed by atoms with Crippen molar-refractivity contribution in [3.8, 4) is 17.2 Å². The maximum absolute atomic E-state index is 10.6. The Bertz CT molecular complexity index is 576. The molecule has 100 valence electrons. The highest BCUT2D eigenvalue weighted by atomic mass is 35.5. The van der Waals surface area contributed by atoms with Crippen LogP contribution in [-0.4, -0.2) is 24.4 Å². The molecule has 1 aliphatic heterocycles. The summed E-state index contributed by atoms with van der Waals surface area (Å²) in [5.41, 5.74) is -0.311. The van der Waals surface area contributed by atoms with E-state index in [1.54, 1.807) is 6.08 Å². The van der Waals surface area contributed by atoms with Gasteiger partial charge in [-0.15, -0.1) is 0 Å². The standard InChI is InChI=1S/C13H12ClNO4/c14-8-6-9-12(19-5-1-4-18-9)10(11(8)17)13(2-3-13)15-7-16/h6,17H,1-5H2. The molecule has 1 N–H and O–H groups in total. The number of aromatic hydroxyl groups is 1. The molecule has 2 aliphatic rings. The number of rotatable bonds is 2. The Hall–Kier alpha value is -1.71. The highest BCUT2D eigenvalue weighted by molar-refractivity contribution is 6.32. The highest BCUT2D eigenvalue weighted by Crippen LogP contribution is 2.59. The topological polar surface area (TPSA) is 68.1 Å². The molecule has 19 heavy (non-hydrogen) atoms. The maximum atomic E-state index is 10.6. The maximum Gasteiger partial charge on any atom is 0.235 e. The fourth-order valence-corrected chi connectivity index (χ4v) is 2.51. The first kappa shape index (κ1) is 12.3. The molecular formula is C13H12ClNO4. The molecule has 1 fully saturated rings. The molecule has 0 amide bonds. The van der Waals surface area contributed by atoms with Gasteiger partial charge in [-0.2, -0.15) is 4.99 Å². The number of hydrogen-bond donors (Lipinski definition) is 1. The van der Waals surface area contributed by atoms with Crippen LogP contribution in [0.25, 0.3) is 0 Å². The van der Waals surface area contributed by atoms with Crippen LogP contribution in [0, 0.1) is 0 Å². The molecule has 0 saturated heterocycles. The molecule has 3 rings (SSSR count). The monoisotopic (exact) mass is 281 g/mol. The average Bonchev–Trinajstić information content (AvgIpc) is 3.16. The predicted octanol–water partition coefficient (Wildman–Crippen LogP) is 2.53. The third-order valence-corrected chi connectivity index (χ3v) is 3.70. The van der Waals surface area contributed by atoms with Crippen molar-refractivity contribution in [1.29, 1.82) is 0 Å². The van der Waals surface area contributed by atoms with Crippen molar-refractivity contribution in [3.05, 3.63) is 16.7 Å². The summed E-state index contributed by atoms with van der Waals surface area (Å²) in [6.45, 7) is 1.01. The minimum Gasteiger partial charge on any atom is -0.506 e. The van der Waals surface area contributed by atoms with Crippen LogP contribution in [0.15, 0.2) is 11.1 Å². The zero-order valence-electron chi connectivity index (χ0n) is 10.1. The normalized spacial score (nSPS) is 19.2. The Morgan fingerprint density at radius 2 is 2.11 bits per heavy atom. The SMILES string of the molecule is O=C=NC1(c2c(O)c(Cl)cc3c2OCCCO3)CC1. The lowest BCUT2D eigenvalue weighted by molar-refractivity contribution is 0.295. The molecule has 0 radical (unpaired) electrons. The molecule has 0 atom stereocenters. The van der Waals surface area contributed by atoms with Gasteiger partial charge >= 0.3 is 0 Å². The summed E-state index contributed by atoms with van der Waals surface area (Å²) in [6.07, 6.45) is 3.63. The van der Waals surface area contributed by atoms with Gasteiger partial charge in [0.15, 0.2) is 11.5 Å². The first-order valence-electron chi connectivity index (χ1n) is 6.08. The summed E-state index contributed by atoms with van der Waals surface area (Å²) in [7, 11) is 0. The van der Waals surface area contributed by atoms with Crippen molar-refractivity contribution in [2.45, 2.75) is 24.8 Å². The molecule has 1 saturated carbocycles. The van der Waals surface area contributed by atoms with E-state index in [0.29, 0.717) is 43.1 Å². The number of carbonyl (C=O) groups excluding carboxylic acids is 1. The molecule has 0 spiro atoms. The van der Waals surface area contributed by atoms with Gasteiger partial charge in [0.05, 0.1) is 23.8 Å². The van der Waals surface area contributed by atoms with Crippen LogP contribution in [0.3, 0.4) is 0 Å². The van der Waals surface area contributed by atoms with E-state index in [2.05, 4.69) is 4.99 Å². The van der Waals surface area contributed by atoms with Gasteiger partial charge in [-0.25, -0.2) is 4.79 Å². The fourth-order valence-electron chi connectivity index (χ4n) is 2.32. The Morgan fingerprint density at radius 1 is 1.37 bits per heavy atom. The van der Waals surface area contributed by atoms with Crippen LogP contribution >= 0.6 is 11.6 Å². The zero-order valence-corrected chi connectivity index (χ0v) is 10.9. The van der Waals surface area contributed by atoms with E-state index in [-0.39, 0.29) is 10.8 Å². The Kier molecular flexibility index (Phi) is 2.88. The van der Waals surface area contributed by atoms with Gasteiger partial charge in [0.25, 0.3) is 0 Å². The summed E-state index contributed by atoms with van der Waals surface area (Å²) in [6, 6.07) is 1.53. The number of halogens is 1. The zero-order chi connectivity index (χ0) is 13.5. The molecular weight excluding hydrogens is 270 g/mol. The number of ether oxygens (including phenoxy) is 2. The molecule has 6 heteroatoms. The third kappa shape index (κ3) is 1.95. The van der Waals surface area contributed by atoms with E-state index in [9.17, 15) is 9.90 Å². The van der Waals surface area contributed by atoms with Crippen molar-refractivity contribution < 1.29 is 19.4 Å². The molecule has 1 aliphatic carbocycles. The van der Waals surface area contributed by atoms with Gasteiger partial charge in [0.1, 0.15) is 11.3 Å². The second kappa shape index (κ2) is 4.44. The van der Waals surface area contributed by atoms with Crippen LogP contribution in [-0.2, 0) is 10.3 Å². The van der Waals surface area contributed by atoms with Gasteiger partial charge in [-0.05, 0) is 12.8 Å². The van der Waals surface area contributed by atoms with Gasteiger partial charge in [-0.1, -0.05) is 11.6 Å². The van der Waals surface area contributed by atoms with E-state index in [1.165, 1.54) is 6.07 Å². The van der Waals surface area contributed by atoms with Crippen molar-refractivity contribution in [3.63, 3.8) is 0 Å². The number of nitrogens with zero attached hydrogens (tertiary/aromatic N) is 1. The molecule has 0 aromatic heterocycles. The molecule has 1 heterocycles. The molecule has 0 unspecified atom stereocenters. The fraction of sp³-hybridized carbons (Fsp3) is 0.462. The number of benzene rings is 1. The van der Waals surface area contributed by atoms with Gasteiger partial charge in [-0.3, -0.25) is 0 Å². The Balaban J connectivity index is 2.22. The smallest absolute Gasteiger partial charge is 0.235 e. The quantitative estimate of drug-likeness (QED) is 0.668. The Labute approximate surface area is 114 Å².